The Bertz CT molecular complexity index is 3570. The smallest absolute Gasteiger partial charge is 0.174 e. The molecular weight excluding hydrogens is 1370 g/mol. The van der Waals surface area contributed by atoms with Gasteiger partial charge in [-0.15, -0.1) is 0 Å². The minimum absolute atomic E-state index is 0.0148. The Labute approximate surface area is 643 Å². The number of Topliss-reactive ketones (excluding diaryl/α,β-unsaturated/α-hetero) is 2. The van der Waals surface area contributed by atoms with E-state index in [-0.39, 0.29) is 74.7 Å². The van der Waals surface area contributed by atoms with Crippen LogP contribution in [0.15, 0.2) is 46.6 Å². The molecule has 0 aromatic rings. The number of carbonyl (C=O) groups is 3. The van der Waals surface area contributed by atoms with E-state index in [0.29, 0.717) is 129 Å². The number of allylic oxidation sites excluding steroid dienone is 4. The first kappa shape index (κ1) is 76.7. The number of aliphatic hydroxyl groups excluding tert-OH is 3. The van der Waals surface area contributed by atoms with Crippen molar-refractivity contribution in [3.8, 4) is 0 Å². The van der Waals surface area contributed by atoms with Crippen LogP contribution in [0.4, 0.5) is 0 Å². The van der Waals surface area contributed by atoms with Gasteiger partial charge in [-0.05, 0) is 208 Å². The van der Waals surface area contributed by atoms with Gasteiger partial charge < -0.3 is 72.2 Å². The predicted molar refractivity (Wildman–Crippen MR) is 401 cm³/mol. The maximum Gasteiger partial charge on any atom is 0.174 e. The number of rotatable bonds is 1. The first-order chi connectivity index (χ1) is 51.7. The first-order valence-electron chi connectivity index (χ1n) is 43.7. The van der Waals surface area contributed by atoms with Crippen LogP contribution in [0.5, 0.6) is 0 Å². The van der Waals surface area contributed by atoms with Crippen LogP contribution in [-0.4, -0.2) is 166 Å². The van der Waals surface area contributed by atoms with Crippen molar-refractivity contribution in [3.63, 3.8) is 0 Å². The third kappa shape index (κ3) is 11.4. The van der Waals surface area contributed by atoms with E-state index in [1.54, 1.807) is 5.57 Å². The van der Waals surface area contributed by atoms with Crippen molar-refractivity contribution < 1.29 is 86.5 Å². The molecular formula is C90H132O18. The number of aliphatic hydroxyl groups is 3. The lowest BCUT2D eigenvalue weighted by Gasteiger charge is -2.60. The molecule has 12 unspecified atom stereocenters. The van der Waals surface area contributed by atoms with Gasteiger partial charge in [0.25, 0.3) is 0 Å². The van der Waals surface area contributed by atoms with Crippen LogP contribution in [0.1, 0.15) is 248 Å². The molecule has 3 N–H and O–H groups in total. The highest BCUT2D eigenvalue weighted by Gasteiger charge is 2.73. The van der Waals surface area contributed by atoms with Crippen molar-refractivity contribution in [2.75, 3.05) is 92.5 Å². The number of fused-ring (bicyclic) bond motifs is 23. The highest BCUT2D eigenvalue weighted by Crippen LogP contribution is 2.74. The van der Waals surface area contributed by atoms with E-state index in [2.05, 4.69) is 73.6 Å². The molecule has 0 radical (unpaired) electrons. The zero-order chi connectivity index (χ0) is 75.0. The number of hydrogen-bond acceptors (Lipinski definition) is 18. The average Bonchev–Trinajstić information content (AvgIpc) is 1.49. The molecule has 16 aliphatic carbocycles. The van der Waals surface area contributed by atoms with Gasteiger partial charge in [-0.3, -0.25) is 14.4 Å². The highest BCUT2D eigenvalue weighted by atomic mass is 16.8. The molecule has 12 saturated carbocycles. The fraction of sp³-hybridized carbons (Fsp3) is 0.878. The van der Waals surface area contributed by atoms with E-state index in [1.807, 2.05) is 6.08 Å². The summed E-state index contributed by atoms with van der Waals surface area (Å²) in [5, 5.41) is 26.6. The van der Waals surface area contributed by atoms with Crippen LogP contribution in [0.3, 0.4) is 0 Å². The third-order valence-corrected chi connectivity index (χ3v) is 36.8. The van der Waals surface area contributed by atoms with Crippen LogP contribution in [0.25, 0.3) is 0 Å². The Morgan fingerprint density at radius 3 is 1.29 bits per heavy atom. The number of hydrogen-bond donors (Lipinski definition) is 3. The maximum absolute atomic E-state index is 13.5. The fourth-order valence-corrected chi connectivity index (χ4v) is 30.7. The van der Waals surface area contributed by atoms with E-state index < -0.39 is 23.1 Å². The first-order valence-corrected chi connectivity index (χ1v) is 43.7. The molecule has 108 heavy (non-hydrogen) atoms. The molecule has 18 nitrogen and oxygen atoms in total. The molecule has 6 spiro atoms. The third-order valence-electron chi connectivity index (χ3n) is 36.8. The number of ether oxygens (including phenoxy) is 12. The molecule has 6 aliphatic heterocycles. The Balaban J connectivity index is 0.000000100. The SMILES string of the molecule is C[C@]12CCC(=O)CC1=CCC1C2CC[C@]2(C)C(=O)CCC12.C[C@]12CCC3(CC1=CC(=O)C1C2CC[C@@]2(C)C1CCC21OCCO1)OCCO3.C[C@]12CCC3(CC1=CCC1C2CC[C@@]2(C)C1CCC21OCCO1)OCCO3.C[C@]12CCC3(CC1=C[C@H](O)C1C2CC[C@@]2(C)C1CCC21OCCO1)OCCO3.OCCO. The van der Waals surface area contributed by atoms with Crippen molar-refractivity contribution in [2.24, 2.45) is 114 Å². The van der Waals surface area contributed by atoms with Crippen LogP contribution >= 0.6 is 0 Å². The van der Waals surface area contributed by atoms with Crippen molar-refractivity contribution in [1.29, 1.82) is 0 Å². The molecule has 6 saturated heterocycles. The van der Waals surface area contributed by atoms with Crippen molar-refractivity contribution in [1.82, 2.24) is 0 Å². The lowest BCUT2D eigenvalue weighted by molar-refractivity contribution is -0.248. The van der Waals surface area contributed by atoms with Crippen LogP contribution in [0.2, 0.25) is 0 Å². The summed E-state index contributed by atoms with van der Waals surface area (Å²) in [6.45, 7) is 27.6. The molecule has 6 heterocycles. The topological polar surface area (TPSA) is 223 Å². The normalized spacial score (nSPS) is 48.1. The monoisotopic (exact) mass is 1500 g/mol. The minimum atomic E-state index is -0.468. The Morgan fingerprint density at radius 1 is 0.361 bits per heavy atom. The van der Waals surface area contributed by atoms with Gasteiger partial charge in [-0.1, -0.05) is 95.9 Å². The molecule has 0 bridgehead atoms. The van der Waals surface area contributed by atoms with Crippen molar-refractivity contribution in [2.45, 2.75) is 289 Å². The minimum Gasteiger partial charge on any atom is -0.394 e. The molecule has 0 aromatic heterocycles. The molecule has 18 fully saturated rings. The molecule has 18 heteroatoms. The summed E-state index contributed by atoms with van der Waals surface area (Å²) in [5.74, 6) is 5.42. The lowest BCUT2D eigenvalue weighted by atomic mass is 9.47. The van der Waals surface area contributed by atoms with Gasteiger partial charge in [0.05, 0.1) is 98.6 Å². The fourth-order valence-electron chi connectivity index (χ4n) is 30.7. The van der Waals surface area contributed by atoms with Gasteiger partial charge in [0.1, 0.15) is 11.6 Å². The summed E-state index contributed by atoms with van der Waals surface area (Å²) in [7, 11) is 0. The quantitative estimate of drug-likeness (QED) is 0.208. The number of ketones is 3. The summed E-state index contributed by atoms with van der Waals surface area (Å²) in [6.07, 6.45) is 40.1. The zero-order valence-corrected chi connectivity index (χ0v) is 66.9. The maximum atomic E-state index is 13.5. The van der Waals surface area contributed by atoms with Crippen molar-refractivity contribution >= 4 is 17.3 Å². The Hall–Kier alpha value is -2.63. The van der Waals surface area contributed by atoms with Crippen LogP contribution in [0, 0.1) is 114 Å². The predicted octanol–water partition coefficient (Wildman–Crippen LogP) is 14.5. The second-order valence-electron chi connectivity index (χ2n) is 40.4. The van der Waals surface area contributed by atoms with E-state index in [4.69, 9.17) is 67.1 Å². The second-order valence-corrected chi connectivity index (χ2v) is 40.4. The van der Waals surface area contributed by atoms with Crippen LogP contribution < -0.4 is 0 Å². The van der Waals surface area contributed by atoms with Gasteiger partial charge in [-0.25, -0.2) is 0 Å². The van der Waals surface area contributed by atoms with Gasteiger partial charge in [0.15, 0.2) is 40.5 Å². The Kier molecular flexibility index (Phi) is 19.5. The van der Waals surface area contributed by atoms with E-state index >= 15 is 0 Å². The van der Waals surface area contributed by atoms with E-state index in [1.165, 1.54) is 55.2 Å². The van der Waals surface area contributed by atoms with Crippen LogP contribution in [-0.2, 0) is 71.2 Å². The molecule has 600 valence electrons. The van der Waals surface area contributed by atoms with Gasteiger partial charge in [0.2, 0.25) is 0 Å². The summed E-state index contributed by atoms with van der Waals surface area (Å²) >= 11 is 0. The largest absolute Gasteiger partial charge is 0.394 e. The average molecular weight is 1500 g/mol. The summed E-state index contributed by atoms with van der Waals surface area (Å²) in [4.78, 5) is 37.6. The summed E-state index contributed by atoms with van der Waals surface area (Å²) in [5.41, 5.74) is 6.64. The van der Waals surface area contributed by atoms with Gasteiger partial charge in [-0.2, -0.15) is 0 Å². The van der Waals surface area contributed by atoms with Gasteiger partial charge in [0, 0.05) is 105 Å². The molecule has 0 amide bonds. The standard InChI is InChI=1S/C23H34O5.C23H32O5.C23H34O4.C19H26O2.C2H6O2/c2*1-20-7-8-22(25-9-10-26-22)14-15(20)13-18(24)19-16(20)3-5-21(2)17(19)4-6-23(21)27-11-12-28-23;1-20-9-10-22(24-11-12-25-22)15-16(20)3-4-17-18(20)5-7-21(2)19(17)6-8-23(21)26-13-14-27-23;1-18-9-7-13(20)11-12(18)3-4-14-15-5-6-17(21)19(15,2)10-8-16(14)18;3-1-2-4/h13,16-19,24H,3-12,14H2,1-2H3;13,16-17,19H,3-12,14H2,1-2H3;3,17-19H,4-15H2,1-2H3;3,14-16H,4-11H2,1-2H3;3-4H,1-2H2/t16?,17?,18-,19?,20-,21-;16?,17?,19?,20-,21-;17?,18?,19?,20-,21-;14?,15?,16?,18-,19-;/m0000./s1. The zero-order valence-electron chi connectivity index (χ0n) is 66.9. The lowest BCUT2D eigenvalue weighted by Crippen LogP contribution is -2.58. The number of carbonyl (C=O) groups excluding carboxylic acids is 3. The molecule has 0 aromatic carbocycles. The summed E-state index contributed by atoms with van der Waals surface area (Å²) < 4.78 is 73.6. The highest BCUT2D eigenvalue weighted by molar-refractivity contribution is 5.94. The van der Waals surface area contributed by atoms with Crippen molar-refractivity contribution in [3.05, 3.63) is 46.6 Å². The Morgan fingerprint density at radius 2 is 0.750 bits per heavy atom. The van der Waals surface area contributed by atoms with E-state index in [9.17, 15) is 19.5 Å². The molecule has 22 aliphatic rings. The summed E-state index contributed by atoms with van der Waals surface area (Å²) in [6, 6.07) is 0. The van der Waals surface area contributed by atoms with Gasteiger partial charge >= 0.3 is 0 Å². The second kappa shape index (κ2) is 27.5. The molecule has 21 atom stereocenters. The molecule has 22 rings (SSSR count). The van der Waals surface area contributed by atoms with E-state index in [0.717, 1.165) is 192 Å².